The van der Waals surface area contributed by atoms with Crippen LogP contribution in [0.4, 0.5) is 0 Å². The van der Waals surface area contributed by atoms with Crippen LogP contribution in [0, 0.1) is 19.8 Å². The van der Waals surface area contributed by atoms with Crippen LogP contribution in [0.2, 0.25) is 0 Å². The lowest BCUT2D eigenvalue weighted by Gasteiger charge is -2.31. The van der Waals surface area contributed by atoms with Crippen LogP contribution in [0.15, 0.2) is 5.16 Å². The van der Waals surface area contributed by atoms with Gasteiger partial charge < -0.3 is 14.2 Å². The van der Waals surface area contributed by atoms with Gasteiger partial charge in [0, 0.05) is 25.3 Å². The van der Waals surface area contributed by atoms with Crippen molar-refractivity contribution in [1.29, 1.82) is 0 Å². The van der Waals surface area contributed by atoms with Crippen molar-refractivity contribution in [2.24, 2.45) is 5.92 Å². The zero-order valence-corrected chi connectivity index (χ0v) is 17.2. The van der Waals surface area contributed by atoms with E-state index in [2.05, 4.69) is 23.4 Å². The largest absolute Gasteiger partial charge is 0.466 e. The molecule has 0 saturated carbocycles. The number of carbonyl (C=O) groups excluding carboxylic acids is 2. The summed E-state index contributed by atoms with van der Waals surface area (Å²) in [4.78, 5) is 31.0. The summed E-state index contributed by atoms with van der Waals surface area (Å²) in [6, 6.07) is 0. The SMILES string of the molecule is CCCCn1c(SCC(=O)N2CCCC(C(=O)OCC)C2)nc(C)c1C. The second-order valence-electron chi connectivity index (χ2n) is 6.79. The van der Waals surface area contributed by atoms with E-state index >= 15 is 0 Å². The summed E-state index contributed by atoms with van der Waals surface area (Å²) in [5.41, 5.74) is 2.20. The van der Waals surface area contributed by atoms with Gasteiger partial charge >= 0.3 is 5.97 Å². The lowest BCUT2D eigenvalue weighted by molar-refractivity contribution is -0.151. The highest BCUT2D eigenvalue weighted by Crippen LogP contribution is 2.24. The summed E-state index contributed by atoms with van der Waals surface area (Å²) < 4.78 is 7.33. The molecule has 2 heterocycles. The molecule has 1 aromatic rings. The minimum Gasteiger partial charge on any atom is -0.466 e. The third-order valence-electron chi connectivity index (χ3n) is 4.88. The number of imidazole rings is 1. The van der Waals surface area contributed by atoms with E-state index in [1.165, 1.54) is 17.5 Å². The van der Waals surface area contributed by atoms with Crippen LogP contribution in [-0.4, -0.2) is 51.8 Å². The van der Waals surface area contributed by atoms with Crippen molar-refractivity contribution < 1.29 is 14.3 Å². The second-order valence-corrected chi connectivity index (χ2v) is 7.73. The average Bonchev–Trinajstić information content (AvgIpc) is 2.92. The Morgan fingerprint density at radius 3 is 2.77 bits per heavy atom. The maximum absolute atomic E-state index is 12.6. The fourth-order valence-electron chi connectivity index (χ4n) is 3.19. The number of piperidine rings is 1. The van der Waals surface area contributed by atoms with Crippen molar-refractivity contribution >= 4 is 23.6 Å². The van der Waals surface area contributed by atoms with Crippen LogP contribution >= 0.6 is 11.8 Å². The molecule has 1 unspecified atom stereocenters. The molecule has 0 radical (unpaired) electrons. The fraction of sp³-hybridized carbons (Fsp3) is 0.737. The molecular weight excluding hydrogens is 350 g/mol. The Morgan fingerprint density at radius 1 is 1.31 bits per heavy atom. The predicted octanol–water partition coefficient (Wildman–Crippen LogP) is 3.19. The number of ether oxygens (including phenoxy) is 1. The molecule has 1 fully saturated rings. The van der Waals surface area contributed by atoms with Gasteiger partial charge in [0.05, 0.1) is 24.0 Å². The van der Waals surface area contributed by atoms with Crippen molar-refractivity contribution in [1.82, 2.24) is 14.5 Å². The van der Waals surface area contributed by atoms with Gasteiger partial charge in [0.25, 0.3) is 0 Å². The van der Waals surface area contributed by atoms with Gasteiger partial charge in [-0.25, -0.2) is 4.98 Å². The number of carbonyl (C=O) groups is 2. The molecule has 2 rings (SSSR count). The zero-order valence-electron chi connectivity index (χ0n) is 16.4. The third-order valence-corrected chi connectivity index (χ3v) is 5.84. The molecule has 1 aliphatic heterocycles. The van der Waals surface area contributed by atoms with Crippen molar-refractivity contribution in [2.45, 2.75) is 65.1 Å². The standard InChI is InChI=1S/C19H31N3O3S/c1-5-7-11-22-15(4)14(3)20-19(22)26-13-17(23)21-10-8-9-16(12-21)18(24)25-6-2/h16H,5-13H2,1-4H3. The first kappa shape index (κ1) is 20.8. The Balaban J connectivity index is 1.94. The summed E-state index contributed by atoms with van der Waals surface area (Å²) >= 11 is 1.50. The summed E-state index contributed by atoms with van der Waals surface area (Å²) in [5.74, 6) is 0.0643. The average molecular weight is 382 g/mol. The summed E-state index contributed by atoms with van der Waals surface area (Å²) in [6.07, 6.45) is 3.88. The molecule has 6 nitrogen and oxygen atoms in total. The molecule has 0 bridgehead atoms. The molecule has 1 aromatic heterocycles. The molecule has 0 aliphatic carbocycles. The highest BCUT2D eigenvalue weighted by atomic mass is 32.2. The summed E-state index contributed by atoms with van der Waals surface area (Å²) in [6.45, 7) is 10.6. The maximum Gasteiger partial charge on any atom is 0.310 e. The smallest absolute Gasteiger partial charge is 0.310 e. The zero-order chi connectivity index (χ0) is 19.1. The van der Waals surface area contributed by atoms with Gasteiger partial charge in [0.1, 0.15) is 0 Å². The molecular formula is C19H31N3O3S. The van der Waals surface area contributed by atoms with Gasteiger partial charge in [-0.15, -0.1) is 0 Å². The topological polar surface area (TPSA) is 64.4 Å². The number of hydrogen-bond acceptors (Lipinski definition) is 5. The minimum absolute atomic E-state index is 0.0735. The number of esters is 1. The molecule has 7 heteroatoms. The molecule has 1 atom stereocenters. The molecule has 1 aliphatic rings. The van der Waals surface area contributed by atoms with E-state index in [4.69, 9.17) is 4.74 Å². The van der Waals surface area contributed by atoms with Crippen LogP contribution in [0.25, 0.3) is 0 Å². The fourth-order valence-corrected chi connectivity index (χ4v) is 4.21. The van der Waals surface area contributed by atoms with E-state index in [1.54, 1.807) is 4.90 Å². The van der Waals surface area contributed by atoms with Gasteiger partial charge in [-0.3, -0.25) is 9.59 Å². The van der Waals surface area contributed by atoms with Gasteiger partial charge in [-0.05, 0) is 40.0 Å². The second kappa shape index (κ2) is 10.00. The molecule has 146 valence electrons. The van der Waals surface area contributed by atoms with Crippen LogP contribution in [0.3, 0.4) is 0 Å². The number of rotatable bonds is 8. The molecule has 26 heavy (non-hydrogen) atoms. The first-order chi connectivity index (χ1) is 12.5. The van der Waals surface area contributed by atoms with Crippen LogP contribution in [-0.2, 0) is 20.9 Å². The Hall–Kier alpha value is -1.50. The number of hydrogen-bond donors (Lipinski definition) is 0. The van der Waals surface area contributed by atoms with Crippen molar-refractivity contribution in [3.63, 3.8) is 0 Å². The van der Waals surface area contributed by atoms with E-state index in [9.17, 15) is 9.59 Å². The van der Waals surface area contributed by atoms with E-state index in [0.29, 0.717) is 18.9 Å². The van der Waals surface area contributed by atoms with Gasteiger partial charge in [0.15, 0.2) is 5.16 Å². The summed E-state index contributed by atoms with van der Waals surface area (Å²) in [7, 11) is 0. The monoisotopic (exact) mass is 381 g/mol. The van der Waals surface area contributed by atoms with Gasteiger partial charge in [0.2, 0.25) is 5.91 Å². The number of thioether (sulfide) groups is 1. The van der Waals surface area contributed by atoms with E-state index in [1.807, 2.05) is 13.8 Å². The number of aryl methyl sites for hydroxylation is 1. The van der Waals surface area contributed by atoms with Crippen LogP contribution in [0.1, 0.15) is 50.9 Å². The number of amides is 1. The quantitative estimate of drug-likeness (QED) is 0.511. The number of unbranched alkanes of at least 4 members (excludes halogenated alkanes) is 1. The lowest BCUT2D eigenvalue weighted by Crippen LogP contribution is -2.43. The molecule has 0 spiro atoms. The first-order valence-corrected chi connectivity index (χ1v) is 10.6. The summed E-state index contributed by atoms with van der Waals surface area (Å²) in [5, 5.41) is 0.917. The van der Waals surface area contributed by atoms with E-state index in [0.717, 1.165) is 49.6 Å². The number of aromatic nitrogens is 2. The maximum atomic E-state index is 12.6. The van der Waals surface area contributed by atoms with Crippen molar-refractivity contribution in [3.05, 3.63) is 11.4 Å². The predicted molar refractivity (Wildman–Crippen MR) is 103 cm³/mol. The highest BCUT2D eigenvalue weighted by molar-refractivity contribution is 7.99. The molecule has 1 amide bonds. The van der Waals surface area contributed by atoms with Gasteiger partial charge in [-0.1, -0.05) is 25.1 Å². The normalized spacial score (nSPS) is 17.4. The Bertz CT molecular complexity index is 630. The molecule has 0 aromatic carbocycles. The third kappa shape index (κ3) is 5.25. The number of likely N-dealkylation sites (tertiary alicyclic amines) is 1. The Kier molecular flexibility index (Phi) is 8.00. The molecule has 0 N–H and O–H groups in total. The lowest BCUT2D eigenvalue weighted by atomic mass is 9.98. The Labute approximate surface area is 160 Å². The highest BCUT2D eigenvalue weighted by Gasteiger charge is 2.29. The van der Waals surface area contributed by atoms with Crippen molar-refractivity contribution in [3.8, 4) is 0 Å². The van der Waals surface area contributed by atoms with E-state index < -0.39 is 0 Å². The van der Waals surface area contributed by atoms with Crippen LogP contribution in [0.5, 0.6) is 0 Å². The Morgan fingerprint density at radius 2 is 2.08 bits per heavy atom. The molecule has 1 saturated heterocycles. The first-order valence-electron chi connectivity index (χ1n) is 9.58. The van der Waals surface area contributed by atoms with Crippen LogP contribution < -0.4 is 0 Å². The minimum atomic E-state index is -0.186. The van der Waals surface area contributed by atoms with Crippen molar-refractivity contribution in [2.75, 3.05) is 25.4 Å². The van der Waals surface area contributed by atoms with Gasteiger partial charge in [-0.2, -0.15) is 0 Å². The number of nitrogens with zero attached hydrogens (tertiary/aromatic N) is 3. The van der Waals surface area contributed by atoms with E-state index in [-0.39, 0.29) is 17.8 Å².